The molecule has 2 rings (SSSR count). The molecule has 1 aliphatic rings. The van der Waals surface area contributed by atoms with Crippen LogP contribution < -0.4 is 5.19 Å². The molecule has 0 saturated carbocycles. The van der Waals surface area contributed by atoms with Crippen LogP contribution in [0.1, 0.15) is 52.5 Å². The third-order valence-electron chi connectivity index (χ3n) is 4.65. The van der Waals surface area contributed by atoms with Gasteiger partial charge in [-0.25, -0.2) is 0 Å². The molecule has 22 heavy (non-hydrogen) atoms. The van der Waals surface area contributed by atoms with Crippen molar-refractivity contribution in [3.63, 3.8) is 0 Å². The molecular formula is C18H29FO2Si. The average molecular weight is 325 g/mol. The second-order valence-corrected chi connectivity index (χ2v) is 11.3. The molecule has 1 aromatic rings. The summed E-state index contributed by atoms with van der Waals surface area (Å²) in [6.45, 7) is 9.35. The minimum Gasteiger partial charge on any atom is -0.353 e. The van der Waals surface area contributed by atoms with Gasteiger partial charge in [0.2, 0.25) is 0 Å². The molecule has 4 heteroatoms. The van der Waals surface area contributed by atoms with Crippen LogP contribution in [0.5, 0.6) is 0 Å². The zero-order valence-corrected chi connectivity index (χ0v) is 15.3. The third kappa shape index (κ3) is 3.97. The summed E-state index contributed by atoms with van der Waals surface area (Å²) in [5, 5.41) is 0.898. The first-order valence-corrected chi connectivity index (χ1v) is 10.5. The van der Waals surface area contributed by atoms with Crippen LogP contribution in [0.25, 0.3) is 0 Å². The second-order valence-electron chi connectivity index (χ2n) is 6.88. The minimum absolute atomic E-state index is 0.0746. The molecular weight excluding hydrogens is 295 g/mol. The highest BCUT2D eigenvalue weighted by Gasteiger charge is 2.43. The summed E-state index contributed by atoms with van der Waals surface area (Å²) in [5.41, 5.74) is 1.26. The lowest BCUT2D eigenvalue weighted by Crippen LogP contribution is -2.49. The van der Waals surface area contributed by atoms with Gasteiger partial charge in [0.15, 0.2) is 6.29 Å². The lowest BCUT2D eigenvalue weighted by atomic mass is 10.2. The van der Waals surface area contributed by atoms with Gasteiger partial charge in [-0.05, 0) is 41.1 Å². The predicted octanol–water partition coefficient (Wildman–Crippen LogP) is 4.67. The van der Waals surface area contributed by atoms with Crippen LogP contribution in [-0.2, 0) is 16.1 Å². The monoisotopic (exact) mass is 324 g/mol. The fraction of sp³-hybridized carbons (Fsp3) is 0.667. The molecule has 0 aliphatic carbocycles. The summed E-state index contributed by atoms with van der Waals surface area (Å²) < 4.78 is 26.8. The summed E-state index contributed by atoms with van der Waals surface area (Å²) in [6.07, 6.45) is 3.19. The van der Waals surface area contributed by atoms with Gasteiger partial charge < -0.3 is 13.6 Å². The average Bonchev–Trinajstić information content (AvgIpc) is 2.53. The van der Waals surface area contributed by atoms with Gasteiger partial charge in [0, 0.05) is 6.61 Å². The molecule has 1 unspecified atom stereocenters. The van der Waals surface area contributed by atoms with E-state index in [9.17, 15) is 0 Å². The van der Waals surface area contributed by atoms with E-state index in [1.807, 2.05) is 52.0 Å². The standard InChI is InChI=1S/C18H29FO2Si/c1-14(2)22(19,15(3)4)17-10-8-16(9-11-17)13-21-18-7-5-6-12-20-18/h8-11,14-15,18H,5-7,12-13H2,1-4H3. The van der Waals surface area contributed by atoms with E-state index < -0.39 is 8.41 Å². The van der Waals surface area contributed by atoms with Crippen molar-refractivity contribution < 1.29 is 13.6 Å². The molecule has 0 N–H and O–H groups in total. The van der Waals surface area contributed by atoms with Crippen molar-refractivity contribution in [2.24, 2.45) is 0 Å². The molecule has 0 aromatic heterocycles. The van der Waals surface area contributed by atoms with Crippen molar-refractivity contribution in [1.29, 1.82) is 0 Å². The fourth-order valence-electron chi connectivity index (χ4n) is 3.22. The van der Waals surface area contributed by atoms with Crippen LogP contribution >= 0.6 is 0 Å². The van der Waals surface area contributed by atoms with Crippen molar-refractivity contribution in [3.8, 4) is 0 Å². The summed E-state index contributed by atoms with van der Waals surface area (Å²) in [7, 11) is -2.92. The zero-order chi connectivity index (χ0) is 16.2. The molecule has 1 heterocycles. The molecule has 1 atom stereocenters. The molecule has 124 valence electrons. The van der Waals surface area contributed by atoms with Crippen molar-refractivity contribution in [3.05, 3.63) is 29.8 Å². The second kappa shape index (κ2) is 7.71. The Morgan fingerprint density at radius 1 is 1.14 bits per heavy atom. The molecule has 0 radical (unpaired) electrons. The number of hydrogen-bond donors (Lipinski definition) is 0. The summed E-state index contributed by atoms with van der Waals surface area (Å²) >= 11 is 0. The first kappa shape index (κ1) is 17.6. The van der Waals surface area contributed by atoms with E-state index in [1.165, 1.54) is 6.42 Å². The maximum Gasteiger partial charge on any atom is 0.282 e. The Morgan fingerprint density at radius 3 is 2.27 bits per heavy atom. The van der Waals surface area contributed by atoms with Gasteiger partial charge in [-0.2, -0.15) is 0 Å². The lowest BCUT2D eigenvalue weighted by Gasteiger charge is -2.30. The molecule has 0 spiro atoms. The maximum absolute atomic E-state index is 15.5. The Bertz CT molecular complexity index is 445. The highest BCUT2D eigenvalue weighted by atomic mass is 28.4. The Morgan fingerprint density at radius 2 is 1.77 bits per heavy atom. The number of halogens is 1. The van der Waals surface area contributed by atoms with E-state index in [0.717, 1.165) is 30.2 Å². The van der Waals surface area contributed by atoms with Gasteiger partial charge in [-0.15, -0.1) is 0 Å². The van der Waals surface area contributed by atoms with E-state index in [-0.39, 0.29) is 17.4 Å². The number of rotatable bonds is 6. The van der Waals surface area contributed by atoms with Crippen LogP contribution in [0.2, 0.25) is 11.1 Å². The van der Waals surface area contributed by atoms with Crippen molar-refractivity contribution in [2.75, 3.05) is 6.61 Å². The summed E-state index contributed by atoms with van der Waals surface area (Å²) in [5.74, 6) is 0. The van der Waals surface area contributed by atoms with E-state index in [2.05, 4.69) is 0 Å². The van der Waals surface area contributed by atoms with Crippen LogP contribution in [0, 0.1) is 0 Å². The lowest BCUT2D eigenvalue weighted by molar-refractivity contribution is -0.168. The Balaban J connectivity index is 2.00. The number of ether oxygens (including phenoxy) is 2. The van der Waals surface area contributed by atoms with Gasteiger partial charge in [0.1, 0.15) is 0 Å². The van der Waals surface area contributed by atoms with E-state index >= 15 is 4.11 Å². The SMILES string of the molecule is CC(C)[Si](F)(c1ccc(COC2CCCCO2)cc1)C(C)C. The fourth-order valence-corrected chi connectivity index (χ4v) is 6.57. The summed E-state index contributed by atoms with van der Waals surface area (Å²) in [6, 6.07) is 7.94. The Kier molecular flexibility index (Phi) is 6.18. The first-order valence-electron chi connectivity index (χ1n) is 8.46. The number of benzene rings is 1. The van der Waals surface area contributed by atoms with Gasteiger partial charge in [-0.3, -0.25) is 0 Å². The van der Waals surface area contributed by atoms with E-state index in [4.69, 9.17) is 9.47 Å². The van der Waals surface area contributed by atoms with E-state index in [1.54, 1.807) is 0 Å². The number of hydrogen-bond acceptors (Lipinski definition) is 2. The smallest absolute Gasteiger partial charge is 0.282 e. The largest absolute Gasteiger partial charge is 0.353 e. The predicted molar refractivity (Wildman–Crippen MR) is 91.5 cm³/mol. The normalized spacial score (nSPS) is 19.9. The minimum atomic E-state index is -2.92. The molecule has 1 aromatic carbocycles. The van der Waals surface area contributed by atoms with Gasteiger partial charge in [-0.1, -0.05) is 52.0 Å². The highest BCUT2D eigenvalue weighted by Crippen LogP contribution is 2.33. The van der Waals surface area contributed by atoms with Crippen molar-refractivity contribution in [2.45, 2.75) is 70.9 Å². The van der Waals surface area contributed by atoms with Gasteiger partial charge in [0.25, 0.3) is 8.41 Å². The molecule has 1 aliphatic heterocycles. The summed E-state index contributed by atoms with van der Waals surface area (Å²) in [4.78, 5) is 0. The Hall–Kier alpha value is -0.713. The van der Waals surface area contributed by atoms with Gasteiger partial charge in [0.05, 0.1) is 6.61 Å². The van der Waals surface area contributed by atoms with Crippen LogP contribution in [0.3, 0.4) is 0 Å². The maximum atomic E-state index is 15.5. The Labute approximate surface area is 135 Å². The quantitative estimate of drug-likeness (QED) is 0.559. The molecule has 0 amide bonds. The topological polar surface area (TPSA) is 18.5 Å². The van der Waals surface area contributed by atoms with Crippen LogP contribution in [0.4, 0.5) is 4.11 Å². The molecule has 1 fully saturated rings. The first-order chi connectivity index (χ1) is 10.4. The molecule has 2 nitrogen and oxygen atoms in total. The molecule has 1 saturated heterocycles. The van der Waals surface area contributed by atoms with Gasteiger partial charge >= 0.3 is 0 Å². The highest BCUT2D eigenvalue weighted by molar-refractivity contribution is 6.88. The van der Waals surface area contributed by atoms with Crippen molar-refractivity contribution in [1.82, 2.24) is 0 Å². The zero-order valence-electron chi connectivity index (χ0n) is 14.3. The third-order valence-corrected chi connectivity index (χ3v) is 9.23. The van der Waals surface area contributed by atoms with E-state index in [0.29, 0.717) is 6.61 Å². The van der Waals surface area contributed by atoms with Crippen molar-refractivity contribution >= 4 is 13.6 Å². The van der Waals surface area contributed by atoms with Crippen LogP contribution in [-0.4, -0.2) is 21.3 Å². The van der Waals surface area contributed by atoms with Crippen LogP contribution in [0.15, 0.2) is 24.3 Å². The molecule has 0 bridgehead atoms.